The van der Waals surface area contributed by atoms with Gasteiger partial charge in [-0.15, -0.1) is 0 Å². The molecule has 1 saturated heterocycles. The average molecular weight is 236 g/mol. The van der Waals surface area contributed by atoms with E-state index in [-0.39, 0.29) is 0 Å². The molecule has 4 nitrogen and oxygen atoms in total. The first-order valence-corrected chi connectivity index (χ1v) is 6.67. The number of hydrogen-bond acceptors (Lipinski definition) is 3. The normalized spacial score (nSPS) is 26.1. The van der Waals surface area contributed by atoms with Crippen molar-refractivity contribution in [2.75, 3.05) is 25.5 Å². The van der Waals surface area contributed by atoms with E-state index in [4.69, 9.17) is 0 Å². The van der Waals surface area contributed by atoms with Crippen molar-refractivity contribution in [3.63, 3.8) is 0 Å². The molecule has 4 heteroatoms. The molecule has 1 aromatic rings. The number of aromatic nitrogens is 2. The van der Waals surface area contributed by atoms with Crippen LogP contribution in [-0.4, -0.2) is 40.6 Å². The summed E-state index contributed by atoms with van der Waals surface area (Å²) >= 11 is 0. The van der Waals surface area contributed by atoms with Gasteiger partial charge < -0.3 is 14.8 Å². The van der Waals surface area contributed by atoms with Gasteiger partial charge in [0, 0.05) is 31.5 Å². The third-order valence-corrected chi connectivity index (χ3v) is 3.60. The van der Waals surface area contributed by atoms with Gasteiger partial charge in [-0.05, 0) is 32.4 Å². The molecular formula is C13H24N4. The number of nitrogens with zero attached hydrogens (tertiary/aromatic N) is 3. The summed E-state index contributed by atoms with van der Waals surface area (Å²) in [7, 11) is 2.20. The van der Waals surface area contributed by atoms with Crippen LogP contribution in [0.1, 0.15) is 26.7 Å². The van der Waals surface area contributed by atoms with Crippen molar-refractivity contribution in [1.29, 1.82) is 0 Å². The van der Waals surface area contributed by atoms with Crippen LogP contribution in [-0.2, 0) is 6.54 Å². The Kier molecular flexibility index (Phi) is 4.05. The maximum Gasteiger partial charge on any atom is 0.202 e. The minimum absolute atomic E-state index is 0.559. The Bertz CT molecular complexity index is 347. The molecule has 1 aliphatic rings. The Hall–Kier alpha value is -1.03. The summed E-state index contributed by atoms with van der Waals surface area (Å²) in [4.78, 5) is 6.82. The summed E-state index contributed by atoms with van der Waals surface area (Å²) < 4.78 is 2.21. The summed E-state index contributed by atoms with van der Waals surface area (Å²) in [5.41, 5.74) is 0. The zero-order valence-corrected chi connectivity index (χ0v) is 11.2. The van der Waals surface area contributed by atoms with E-state index >= 15 is 0 Å². The number of likely N-dealkylation sites (tertiary alicyclic amines) is 1. The first-order chi connectivity index (χ1) is 8.20. The smallest absolute Gasteiger partial charge is 0.202 e. The molecule has 1 aromatic heterocycles. The molecule has 1 N–H and O–H groups in total. The van der Waals surface area contributed by atoms with Gasteiger partial charge in [-0.3, -0.25) is 0 Å². The third-order valence-electron chi connectivity index (χ3n) is 3.60. The fraction of sp³-hybridized carbons (Fsp3) is 0.769. The van der Waals surface area contributed by atoms with E-state index in [9.17, 15) is 0 Å². The highest BCUT2D eigenvalue weighted by Crippen LogP contribution is 2.19. The predicted octanol–water partition coefficient (Wildman–Crippen LogP) is 2.05. The number of imidazole rings is 1. The summed E-state index contributed by atoms with van der Waals surface area (Å²) in [6.07, 6.45) is 6.30. The van der Waals surface area contributed by atoms with Crippen LogP contribution in [0, 0.1) is 5.92 Å². The maximum absolute atomic E-state index is 4.42. The lowest BCUT2D eigenvalue weighted by molar-refractivity contribution is 0.205. The standard InChI is InChI=1S/C13H24N4/c1-4-7-17-9-6-14-13(17)15-12-5-8-16(3)10-11(12)2/h6,9,11-12H,4-5,7-8,10H2,1-3H3,(H,14,15). The fourth-order valence-corrected chi connectivity index (χ4v) is 2.61. The van der Waals surface area contributed by atoms with Crippen LogP contribution in [0.2, 0.25) is 0 Å². The Labute approximate surface area is 104 Å². The molecule has 1 fully saturated rings. The molecule has 0 aromatic carbocycles. The van der Waals surface area contributed by atoms with Crippen molar-refractivity contribution >= 4 is 5.95 Å². The Morgan fingerprint density at radius 2 is 2.35 bits per heavy atom. The van der Waals surface area contributed by atoms with Crippen molar-refractivity contribution in [1.82, 2.24) is 14.5 Å². The van der Waals surface area contributed by atoms with Gasteiger partial charge in [-0.1, -0.05) is 13.8 Å². The van der Waals surface area contributed by atoms with Crippen LogP contribution in [0.3, 0.4) is 0 Å². The number of piperidine rings is 1. The van der Waals surface area contributed by atoms with Crippen molar-refractivity contribution in [3.05, 3.63) is 12.4 Å². The van der Waals surface area contributed by atoms with Crippen molar-refractivity contribution in [3.8, 4) is 0 Å². The van der Waals surface area contributed by atoms with Gasteiger partial charge in [0.15, 0.2) is 0 Å². The van der Waals surface area contributed by atoms with Gasteiger partial charge in [0.05, 0.1) is 0 Å². The first-order valence-electron chi connectivity index (χ1n) is 6.67. The Morgan fingerprint density at radius 1 is 1.53 bits per heavy atom. The van der Waals surface area contributed by atoms with Gasteiger partial charge in [0.2, 0.25) is 5.95 Å². The molecule has 2 rings (SSSR count). The maximum atomic E-state index is 4.42. The van der Waals surface area contributed by atoms with Crippen molar-refractivity contribution in [2.24, 2.45) is 5.92 Å². The third kappa shape index (κ3) is 3.00. The topological polar surface area (TPSA) is 33.1 Å². The minimum atomic E-state index is 0.559. The molecule has 0 aliphatic carbocycles. The van der Waals surface area contributed by atoms with Crippen molar-refractivity contribution in [2.45, 2.75) is 39.3 Å². The van der Waals surface area contributed by atoms with Gasteiger partial charge in [-0.25, -0.2) is 4.98 Å². The van der Waals surface area contributed by atoms with Crippen LogP contribution >= 0.6 is 0 Å². The van der Waals surface area contributed by atoms with Gasteiger partial charge >= 0.3 is 0 Å². The summed E-state index contributed by atoms with van der Waals surface area (Å²) in [5, 5.41) is 3.61. The first kappa shape index (κ1) is 12.4. The number of rotatable bonds is 4. The molecule has 0 bridgehead atoms. The van der Waals surface area contributed by atoms with E-state index in [0.29, 0.717) is 12.0 Å². The fourth-order valence-electron chi connectivity index (χ4n) is 2.61. The van der Waals surface area contributed by atoms with Crippen LogP contribution in [0.4, 0.5) is 5.95 Å². The quantitative estimate of drug-likeness (QED) is 0.868. The highest BCUT2D eigenvalue weighted by atomic mass is 15.2. The second-order valence-electron chi connectivity index (χ2n) is 5.22. The molecule has 96 valence electrons. The van der Waals surface area contributed by atoms with Crippen LogP contribution < -0.4 is 5.32 Å². The molecule has 0 radical (unpaired) electrons. The second kappa shape index (κ2) is 5.54. The molecule has 2 heterocycles. The second-order valence-corrected chi connectivity index (χ2v) is 5.22. The van der Waals surface area contributed by atoms with Crippen molar-refractivity contribution < 1.29 is 0 Å². The van der Waals surface area contributed by atoms with Crippen LogP contribution in [0.25, 0.3) is 0 Å². The number of nitrogens with one attached hydrogen (secondary N) is 1. The van der Waals surface area contributed by atoms with Gasteiger partial charge in [-0.2, -0.15) is 0 Å². The lowest BCUT2D eigenvalue weighted by Crippen LogP contribution is -2.43. The van der Waals surface area contributed by atoms with Gasteiger partial charge in [0.25, 0.3) is 0 Å². The molecule has 2 atom stereocenters. The van der Waals surface area contributed by atoms with E-state index in [1.807, 2.05) is 6.20 Å². The predicted molar refractivity (Wildman–Crippen MR) is 71.2 cm³/mol. The van der Waals surface area contributed by atoms with E-state index in [1.54, 1.807) is 0 Å². The highest BCUT2D eigenvalue weighted by Gasteiger charge is 2.24. The molecule has 17 heavy (non-hydrogen) atoms. The molecule has 0 saturated carbocycles. The molecule has 1 aliphatic heterocycles. The van der Waals surface area contributed by atoms with Gasteiger partial charge in [0.1, 0.15) is 0 Å². The van der Waals surface area contributed by atoms with E-state index in [1.165, 1.54) is 19.5 Å². The van der Waals surface area contributed by atoms with E-state index in [0.717, 1.165) is 18.9 Å². The summed E-state index contributed by atoms with van der Waals surface area (Å²) in [6.45, 7) is 7.91. The number of hydrogen-bond donors (Lipinski definition) is 1. The largest absolute Gasteiger partial charge is 0.353 e. The SMILES string of the molecule is CCCn1ccnc1NC1CCN(C)CC1C. The zero-order valence-electron chi connectivity index (χ0n) is 11.2. The summed E-state index contributed by atoms with van der Waals surface area (Å²) in [5.74, 6) is 1.72. The molecule has 0 amide bonds. The van der Waals surface area contributed by atoms with E-state index < -0.39 is 0 Å². The van der Waals surface area contributed by atoms with E-state index in [2.05, 4.69) is 46.9 Å². The lowest BCUT2D eigenvalue weighted by atomic mass is 9.94. The Morgan fingerprint density at radius 3 is 3.06 bits per heavy atom. The Balaban J connectivity index is 1.97. The molecule has 0 spiro atoms. The van der Waals surface area contributed by atoms with Crippen LogP contribution in [0.5, 0.6) is 0 Å². The number of anilines is 1. The van der Waals surface area contributed by atoms with Crippen LogP contribution in [0.15, 0.2) is 12.4 Å². The monoisotopic (exact) mass is 236 g/mol. The highest BCUT2D eigenvalue weighted by molar-refractivity contribution is 5.28. The summed E-state index contributed by atoms with van der Waals surface area (Å²) in [6, 6.07) is 0.559. The molecule has 2 unspecified atom stereocenters. The zero-order chi connectivity index (χ0) is 12.3. The average Bonchev–Trinajstić information content (AvgIpc) is 2.71. The lowest BCUT2D eigenvalue weighted by Gasteiger charge is -2.35. The molecular weight excluding hydrogens is 212 g/mol. The minimum Gasteiger partial charge on any atom is -0.353 e. The number of aryl methyl sites for hydroxylation is 1.